The van der Waals surface area contributed by atoms with Gasteiger partial charge >= 0.3 is 23.9 Å². The highest BCUT2D eigenvalue weighted by Crippen LogP contribution is 2.41. The number of carbonyl (C=O) groups is 4. The fraction of sp³-hybridized carbons (Fsp3) is 0. The number of aromatic carboxylic acids is 4. The first kappa shape index (κ1) is 60.7. The van der Waals surface area contributed by atoms with E-state index in [1.165, 1.54) is 48.5 Å². The number of phenols is 4. The Morgan fingerprint density at radius 1 is 0.271 bits per heavy atom. The number of aromatic hydroxyl groups is 4. The van der Waals surface area contributed by atoms with E-state index in [1.807, 2.05) is 97.1 Å². The lowest BCUT2D eigenvalue weighted by atomic mass is 10.0. The number of nitrogens with zero attached hydrogens (tertiary/aromatic N) is 10. The van der Waals surface area contributed by atoms with Gasteiger partial charge in [-0.3, -0.25) is 0 Å². The average molecular weight is 1270 g/mol. The van der Waals surface area contributed by atoms with E-state index in [2.05, 4.69) is 50.9 Å². The number of phenolic OH excluding ortho intramolecular Hbond substituents is 4. The maximum atomic E-state index is 12.0. The fourth-order valence-corrected chi connectivity index (χ4v) is 10.8. The van der Waals surface area contributed by atoms with Crippen LogP contribution in [-0.2, 0) is 0 Å². The van der Waals surface area contributed by atoms with Crippen LogP contribution in [-0.4, -0.2) is 84.7 Å². The van der Waals surface area contributed by atoms with Gasteiger partial charge in [0, 0.05) is 44.3 Å². The lowest BCUT2D eigenvalue weighted by Gasteiger charge is -2.08. The average Bonchev–Trinajstić information content (AvgIpc) is 1.61. The molecule has 8 aromatic carbocycles. The molecule has 0 radical (unpaired) electrons. The smallest absolute Gasteiger partial charge is 0.338 e. The van der Waals surface area contributed by atoms with Crippen molar-refractivity contribution in [2.24, 2.45) is 40.9 Å². The summed E-state index contributed by atoms with van der Waals surface area (Å²) in [7, 11) is 0. The van der Waals surface area contributed by atoms with Gasteiger partial charge in [-0.25, -0.2) is 29.1 Å². The molecule has 2 aliphatic heterocycles. The Morgan fingerprint density at radius 2 is 0.479 bits per heavy atom. The predicted octanol–water partition coefficient (Wildman–Crippen LogP) is 18.6. The van der Waals surface area contributed by atoms with Crippen molar-refractivity contribution >= 4 is 116 Å². The number of benzene rings is 8. The molecule has 8 bridgehead atoms. The van der Waals surface area contributed by atoms with E-state index in [9.17, 15) is 60.0 Å². The van der Waals surface area contributed by atoms with Crippen LogP contribution >= 0.6 is 0 Å². The van der Waals surface area contributed by atoms with Gasteiger partial charge in [0.05, 0.1) is 67.8 Å². The van der Waals surface area contributed by atoms with Gasteiger partial charge in [-0.15, -0.1) is 20.5 Å². The van der Waals surface area contributed by atoms with E-state index < -0.39 is 23.9 Å². The van der Waals surface area contributed by atoms with Gasteiger partial charge in [0.1, 0.15) is 45.7 Å². The maximum Gasteiger partial charge on any atom is 0.338 e. The number of fused-ring (bicyclic) bond motifs is 8. The van der Waals surface area contributed by atoms with Gasteiger partial charge in [0.15, 0.2) is 0 Å². The lowest BCUT2D eigenvalue weighted by Crippen LogP contribution is -1.95. The molecular formula is C72H46N12O12. The molecule has 0 fully saturated rings. The molecule has 0 unspecified atom stereocenters. The summed E-state index contributed by atoms with van der Waals surface area (Å²) < 4.78 is 0. The van der Waals surface area contributed by atoms with E-state index in [1.54, 1.807) is 48.5 Å². The Kier molecular flexibility index (Phi) is 16.2. The molecule has 0 atom stereocenters. The van der Waals surface area contributed by atoms with Crippen LogP contribution in [0.3, 0.4) is 0 Å². The van der Waals surface area contributed by atoms with Crippen molar-refractivity contribution in [1.29, 1.82) is 0 Å². The number of nitrogens with one attached hydrogen (secondary N) is 2. The molecule has 0 amide bonds. The molecule has 10 N–H and O–H groups in total. The first-order chi connectivity index (χ1) is 46.5. The second kappa shape index (κ2) is 25.6. The van der Waals surface area contributed by atoms with Gasteiger partial charge in [-0.1, -0.05) is 48.5 Å². The number of hydrogen-bond donors (Lipinski definition) is 10. The van der Waals surface area contributed by atoms with Gasteiger partial charge in [0.25, 0.3) is 0 Å². The fourth-order valence-electron chi connectivity index (χ4n) is 10.8. The Balaban J connectivity index is 1.01. The van der Waals surface area contributed by atoms with Crippen LogP contribution in [0.25, 0.3) is 90.9 Å². The van der Waals surface area contributed by atoms with Crippen LogP contribution < -0.4 is 0 Å². The van der Waals surface area contributed by atoms with E-state index in [-0.39, 0.29) is 68.0 Å². The second-order valence-electron chi connectivity index (χ2n) is 21.5. The summed E-state index contributed by atoms with van der Waals surface area (Å²) in [6, 6.07) is 51.1. The van der Waals surface area contributed by atoms with Crippen LogP contribution in [0.1, 0.15) is 64.2 Å². The van der Waals surface area contributed by atoms with E-state index in [4.69, 9.17) is 9.97 Å². The monoisotopic (exact) mass is 1270 g/mol. The summed E-state index contributed by atoms with van der Waals surface area (Å²) in [5.41, 5.74) is 10.7. The molecule has 0 spiro atoms. The number of rotatable bonds is 16. The highest BCUT2D eigenvalue weighted by molar-refractivity contribution is 6.01. The van der Waals surface area contributed by atoms with Crippen molar-refractivity contribution in [2.75, 3.05) is 0 Å². The highest BCUT2D eigenvalue weighted by atomic mass is 16.4. The lowest BCUT2D eigenvalue weighted by molar-refractivity contribution is 0.0686. The van der Waals surface area contributed by atoms with Crippen LogP contribution in [0.4, 0.5) is 45.5 Å². The molecule has 3 aromatic heterocycles. The molecule has 24 heteroatoms. The van der Waals surface area contributed by atoms with Crippen molar-refractivity contribution < 1.29 is 60.0 Å². The highest BCUT2D eigenvalue weighted by Gasteiger charge is 2.22. The summed E-state index contributed by atoms with van der Waals surface area (Å²) in [6.45, 7) is 0. The first-order valence-corrected chi connectivity index (χ1v) is 29.0. The van der Waals surface area contributed by atoms with Crippen LogP contribution in [0, 0.1) is 0 Å². The summed E-state index contributed by atoms with van der Waals surface area (Å²) >= 11 is 0. The minimum atomic E-state index is -1.29. The normalized spacial score (nSPS) is 12.0. The Labute approximate surface area is 541 Å². The number of hydrogen-bond acceptors (Lipinski definition) is 18. The van der Waals surface area contributed by atoms with Crippen LogP contribution in [0.2, 0.25) is 0 Å². The summed E-state index contributed by atoms with van der Waals surface area (Å²) in [5, 5.41) is 113. The topological polar surface area (TPSA) is 386 Å². The van der Waals surface area contributed by atoms with E-state index >= 15 is 0 Å². The third-order valence-electron chi connectivity index (χ3n) is 15.3. The third kappa shape index (κ3) is 12.7. The predicted molar refractivity (Wildman–Crippen MR) is 358 cm³/mol. The Hall–Kier alpha value is -14.2. The van der Waals surface area contributed by atoms with Crippen LogP contribution in [0.5, 0.6) is 23.0 Å². The minimum absolute atomic E-state index is 0.0311. The molecule has 0 aliphatic carbocycles. The van der Waals surface area contributed by atoms with E-state index in [0.717, 1.165) is 24.3 Å². The van der Waals surface area contributed by atoms with Gasteiger partial charge in [-0.2, -0.15) is 20.5 Å². The molecule has 466 valence electrons. The zero-order valence-electron chi connectivity index (χ0n) is 49.5. The quantitative estimate of drug-likeness (QED) is 0.0402. The SMILES string of the molecule is O=C(O)c1cc(O)ccc1N=Nc1ccc(-c2c3nc(c(-c4ccc(N=Nc5ccc(O)cc5C(=O)O)cc4)c4ccc([nH]4)c(-c4ccc(N=Nc5ccc(O)cc5C(=O)O)cc4)c4nc(c(-c5ccc(N=Nc6ccc(O)cc6C(=O)O)cc5)c5ccc2[nH]5)C=C4)C=C3)cc1. The Bertz CT molecular complexity index is 4750. The summed E-state index contributed by atoms with van der Waals surface area (Å²) in [5.74, 6) is -6.14. The number of azo groups is 4. The second-order valence-corrected chi connectivity index (χ2v) is 21.5. The van der Waals surface area contributed by atoms with Gasteiger partial charge in [-0.05, 0) is 192 Å². The van der Waals surface area contributed by atoms with Gasteiger partial charge in [0.2, 0.25) is 0 Å². The first-order valence-electron chi connectivity index (χ1n) is 29.0. The molecule has 11 aromatic rings. The maximum absolute atomic E-state index is 12.0. The van der Waals surface area contributed by atoms with E-state index in [0.29, 0.717) is 112 Å². The molecule has 0 saturated heterocycles. The Morgan fingerprint density at radius 3 is 0.677 bits per heavy atom. The molecule has 96 heavy (non-hydrogen) atoms. The molecule has 13 rings (SSSR count). The molecule has 24 nitrogen and oxygen atoms in total. The molecular weight excluding hydrogens is 1220 g/mol. The number of carboxylic acids is 4. The van der Waals surface area contributed by atoms with Crippen molar-refractivity contribution in [1.82, 2.24) is 19.9 Å². The number of aromatic amines is 2. The third-order valence-corrected chi connectivity index (χ3v) is 15.3. The standard InChI is InChI=1S/C72H46N12O12/c85-45-17-21-53(49(33-45)69(89)90)81-77-41-9-1-37(2-10-41)65-57-25-27-59(73-57)66(38-3-11-42(12-4-38)78-82-54-22-18-46(86)34-50(54)70(91)92)61-29-31-63(75-61)68(40-7-15-44(16-8-40)80-84-56-24-20-48(88)36-52(56)72(95)96)64-32-30-62(76-64)67(60-28-26-58(65)74-60)39-5-13-43(14-6-39)79-83-55-23-19-47(87)35-51(55)71(93)94/h1-36,73,76,85-88H,(H,89,90)(H,91,92)(H,93,94)(H,95,96). The number of H-pyrrole nitrogens is 2. The summed E-state index contributed by atoms with van der Waals surface area (Å²) in [6.07, 6.45) is 7.56. The zero-order valence-corrected chi connectivity index (χ0v) is 49.5. The number of aromatic nitrogens is 4. The molecule has 2 aliphatic rings. The van der Waals surface area contributed by atoms with Crippen molar-refractivity contribution in [3.05, 3.63) is 239 Å². The van der Waals surface area contributed by atoms with Crippen molar-refractivity contribution in [3.8, 4) is 67.5 Å². The summed E-state index contributed by atoms with van der Waals surface area (Å²) in [4.78, 5) is 66.3. The largest absolute Gasteiger partial charge is 0.508 e. The van der Waals surface area contributed by atoms with Crippen LogP contribution in [0.15, 0.2) is 235 Å². The zero-order chi connectivity index (χ0) is 66.7. The molecule has 5 heterocycles. The van der Waals surface area contributed by atoms with Crippen molar-refractivity contribution in [2.45, 2.75) is 0 Å². The minimum Gasteiger partial charge on any atom is -0.508 e. The van der Waals surface area contributed by atoms with Gasteiger partial charge < -0.3 is 50.8 Å². The van der Waals surface area contributed by atoms with Crippen molar-refractivity contribution in [3.63, 3.8) is 0 Å². The molecule has 0 saturated carbocycles. The number of carboxylic acid groups (broad SMARTS) is 4.